The number of nitrogens with zero attached hydrogens (tertiary/aromatic N) is 3. The van der Waals surface area contributed by atoms with Crippen molar-refractivity contribution >= 4 is 38.4 Å². The lowest BCUT2D eigenvalue weighted by atomic mass is 10.2. The summed E-state index contributed by atoms with van der Waals surface area (Å²) in [5, 5.41) is 18.6. The Morgan fingerprint density at radius 2 is 1.92 bits per heavy atom. The number of benzene rings is 2. The fourth-order valence-electron chi connectivity index (χ4n) is 2.36. The molecule has 0 aliphatic rings. The van der Waals surface area contributed by atoms with E-state index in [1.54, 1.807) is 55.1 Å². The first-order valence-corrected chi connectivity index (χ1v) is 7.87. The number of fused-ring (bicyclic) bond motifs is 1. The minimum absolute atomic E-state index is 0.0643. The molecule has 24 heavy (non-hydrogen) atoms. The summed E-state index contributed by atoms with van der Waals surface area (Å²) in [4.78, 5) is 12.1. The molecular formula is C17H14BrN3O3. The number of hydrogen-bond acceptors (Lipinski definition) is 4. The molecule has 2 aromatic carbocycles. The normalized spacial score (nSPS) is 11.3. The Balaban J connectivity index is 2.01. The van der Waals surface area contributed by atoms with Gasteiger partial charge in [-0.3, -0.25) is 4.79 Å². The predicted octanol–water partition coefficient (Wildman–Crippen LogP) is 4.58. The molecule has 6 nitrogen and oxygen atoms in total. The minimum atomic E-state index is -0.484. The Morgan fingerprint density at radius 1 is 1.21 bits per heavy atom. The monoisotopic (exact) mass is 387 g/mol. The Kier molecular flexibility index (Phi) is 4.35. The lowest BCUT2D eigenvalue weighted by Crippen LogP contribution is -1.92. The number of halogens is 1. The maximum absolute atomic E-state index is 12.1. The summed E-state index contributed by atoms with van der Waals surface area (Å²) < 4.78 is 7.64. The van der Waals surface area contributed by atoms with Crippen molar-refractivity contribution in [2.75, 3.05) is 7.11 Å². The number of azo groups is 1. The van der Waals surface area contributed by atoms with Crippen LogP contribution < -0.4 is 4.74 Å². The molecule has 0 saturated carbocycles. The fraction of sp³-hybridized carbons (Fsp3) is 0.118. The number of methoxy groups -OCH3 is 1. The first-order valence-electron chi connectivity index (χ1n) is 7.08. The summed E-state index contributed by atoms with van der Waals surface area (Å²) in [6.07, 6.45) is 0. The van der Waals surface area contributed by atoms with Crippen LogP contribution in [0.5, 0.6) is 11.6 Å². The molecule has 0 aliphatic heterocycles. The molecule has 3 aromatic rings. The average Bonchev–Trinajstić information content (AvgIpc) is 2.84. The third-order valence-corrected chi connectivity index (χ3v) is 4.21. The third kappa shape index (κ3) is 2.90. The Labute approximate surface area is 146 Å². The molecule has 1 heterocycles. The third-order valence-electron chi connectivity index (χ3n) is 3.68. The summed E-state index contributed by atoms with van der Waals surface area (Å²) >= 11 is 3.31. The van der Waals surface area contributed by atoms with Crippen LogP contribution in [0.15, 0.2) is 57.2 Å². The molecule has 0 spiro atoms. The molecule has 0 atom stereocenters. The molecular weight excluding hydrogens is 374 g/mol. The number of aromatic hydroxyl groups is 1. The summed E-state index contributed by atoms with van der Waals surface area (Å²) in [5.41, 5.74) is 1.41. The van der Waals surface area contributed by atoms with E-state index in [0.29, 0.717) is 16.7 Å². The predicted molar refractivity (Wildman–Crippen MR) is 94.1 cm³/mol. The summed E-state index contributed by atoms with van der Waals surface area (Å²) in [5.74, 6) is 0.0798. The average molecular weight is 388 g/mol. The molecule has 1 aromatic heterocycles. The first-order chi connectivity index (χ1) is 11.5. The van der Waals surface area contributed by atoms with Gasteiger partial charge in [0.1, 0.15) is 5.75 Å². The van der Waals surface area contributed by atoms with Gasteiger partial charge in [0, 0.05) is 22.5 Å². The van der Waals surface area contributed by atoms with Crippen LogP contribution in [-0.2, 0) is 7.05 Å². The number of amides is 1. The van der Waals surface area contributed by atoms with Crippen LogP contribution in [0.4, 0.5) is 5.69 Å². The molecule has 0 unspecified atom stereocenters. The van der Waals surface area contributed by atoms with Gasteiger partial charge in [0.2, 0.25) is 5.88 Å². The largest absolute Gasteiger partial charge is 0.497 e. The van der Waals surface area contributed by atoms with E-state index >= 15 is 0 Å². The van der Waals surface area contributed by atoms with E-state index in [9.17, 15) is 9.90 Å². The van der Waals surface area contributed by atoms with Crippen LogP contribution >= 0.6 is 15.9 Å². The maximum atomic E-state index is 12.1. The molecule has 0 aliphatic carbocycles. The second-order valence-corrected chi connectivity index (χ2v) is 6.04. The zero-order valence-electron chi connectivity index (χ0n) is 13.0. The lowest BCUT2D eigenvalue weighted by molar-refractivity contribution is 0.0995. The second kappa shape index (κ2) is 6.45. The molecule has 1 amide bonds. The molecule has 7 heteroatoms. The van der Waals surface area contributed by atoms with Gasteiger partial charge < -0.3 is 14.4 Å². The van der Waals surface area contributed by atoms with Gasteiger partial charge in [-0.05, 0) is 42.5 Å². The van der Waals surface area contributed by atoms with E-state index in [2.05, 4.69) is 26.2 Å². The van der Waals surface area contributed by atoms with Crippen molar-refractivity contribution in [3.63, 3.8) is 0 Å². The standard InChI is InChI=1S/C17H14BrN3O3/c1-21-14-8-7-12(24-2)9-13(14)15(17(21)23)19-20-16(22)10-3-5-11(18)6-4-10/h3-9,23H,1-2H3. The topological polar surface area (TPSA) is 76.2 Å². The van der Waals surface area contributed by atoms with E-state index in [-0.39, 0.29) is 11.6 Å². The summed E-state index contributed by atoms with van der Waals surface area (Å²) in [7, 11) is 3.27. The van der Waals surface area contributed by atoms with Crippen molar-refractivity contribution in [3.05, 3.63) is 52.5 Å². The van der Waals surface area contributed by atoms with Gasteiger partial charge in [-0.2, -0.15) is 0 Å². The van der Waals surface area contributed by atoms with Crippen LogP contribution in [0.3, 0.4) is 0 Å². The van der Waals surface area contributed by atoms with Crippen LogP contribution in [0.25, 0.3) is 10.9 Å². The minimum Gasteiger partial charge on any atom is -0.497 e. The number of carbonyl (C=O) groups is 1. The van der Waals surface area contributed by atoms with E-state index < -0.39 is 5.91 Å². The number of aryl methyl sites for hydroxylation is 1. The number of carbonyl (C=O) groups excluding carboxylic acids is 1. The van der Waals surface area contributed by atoms with Gasteiger partial charge in [0.25, 0.3) is 5.91 Å². The molecule has 0 saturated heterocycles. The molecule has 3 rings (SSSR count). The fourth-order valence-corrected chi connectivity index (χ4v) is 2.63. The highest BCUT2D eigenvalue weighted by atomic mass is 79.9. The van der Waals surface area contributed by atoms with Gasteiger partial charge in [-0.1, -0.05) is 15.9 Å². The van der Waals surface area contributed by atoms with Gasteiger partial charge in [-0.15, -0.1) is 10.2 Å². The molecule has 1 N–H and O–H groups in total. The van der Waals surface area contributed by atoms with Crippen LogP contribution in [0.1, 0.15) is 10.4 Å². The highest BCUT2D eigenvalue weighted by Gasteiger charge is 2.15. The molecule has 0 bridgehead atoms. The van der Waals surface area contributed by atoms with E-state index in [4.69, 9.17) is 4.74 Å². The Morgan fingerprint density at radius 3 is 2.58 bits per heavy atom. The maximum Gasteiger partial charge on any atom is 0.295 e. The zero-order valence-corrected chi connectivity index (χ0v) is 14.6. The van der Waals surface area contributed by atoms with Crippen molar-refractivity contribution in [2.45, 2.75) is 0 Å². The molecule has 122 valence electrons. The second-order valence-electron chi connectivity index (χ2n) is 5.13. The van der Waals surface area contributed by atoms with Crippen molar-refractivity contribution in [2.24, 2.45) is 17.3 Å². The molecule has 0 fully saturated rings. The van der Waals surface area contributed by atoms with Crippen molar-refractivity contribution in [1.82, 2.24) is 4.57 Å². The first kappa shape index (κ1) is 16.2. The van der Waals surface area contributed by atoms with Crippen molar-refractivity contribution < 1.29 is 14.6 Å². The van der Waals surface area contributed by atoms with Crippen molar-refractivity contribution in [1.29, 1.82) is 0 Å². The SMILES string of the molecule is COc1ccc2c(c1)c(N=NC(=O)c1ccc(Br)cc1)c(O)n2C. The van der Waals surface area contributed by atoms with E-state index in [0.717, 1.165) is 9.99 Å². The number of rotatable bonds is 3. The smallest absolute Gasteiger partial charge is 0.295 e. The zero-order chi connectivity index (χ0) is 17.3. The quantitative estimate of drug-likeness (QED) is 0.668. The summed E-state index contributed by atoms with van der Waals surface area (Å²) in [6, 6.07) is 12.1. The number of hydrogen-bond donors (Lipinski definition) is 1. The summed E-state index contributed by atoms with van der Waals surface area (Å²) in [6.45, 7) is 0. The van der Waals surface area contributed by atoms with Gasteiger partial charge >= 0.3 is 0 Å². The van der Waals surface area contributed by atoms with Gasteiger partial charge in [0.05, 0.1) is 12.6 Å². The van der Waals surface area contributed by atoms with E-state index in [1.165, 1.54) is 0 Å². The highest BCUT2D eigenvalue weighted by molar-refractivity contribution is 9.10. The van der Waals surface area contributed by atoms with Crippen LogP contribution in [0.2, 0.25) is 0 Å². The Bertz CT molecular complexity index is 946. The van der Waals surface area contributed by atoms with Gasteiger partial charge in [0.15, 0.2) is 5.69 Å². The lowest BCUT2D eigenvalue weighted by Gasteiger charge is -2.00. The van der Waals surface area contributed by atoms with Gasteiger partial charge in [-0.25, -0.2) is 0 Å². The molecule has 0 radical (unpaired) electrons. The Hall–Kier alpha value is -2.67. The van der Waals surface area contributed by atoms with Crippen LogP contribution in [-0.4, -0.2) is 22.7 Å². The number of aromatic nitrogens is 1. The van der Waals surface area contributed by atoms with Crippen LogP contribution in [0, 0.1) is 0 Å². The van der Waals surface area contributed by atoms with Crippen molar-refractivity contribution in [3.8, 4) is 11.6 Å². The van der Waals surface area contributed by atoms with E-state index in [1.807, 2.05) is 6.07 Å². The number of ether oxygens (including phenoxy) is 1. The highest BCUT2D eigenvalue weighted by Crippen LogP contribution is 2.39.